The maximum absolute atomic E-state index is 12.4. The van der Waals surface area contributed by atoms with Crippen LogP contribution in [-0.4, -0.2) is 53.4 Å². The Morgan fingerprint density at radius 3 is 1.75 bits per heavy atom. The molecule has 0 aliphatic heterocycles. The van der Waals surface area contributed by atoms with E-state index in [0.29, 0.717) is 54.7 Å². The molecule has 40 heavy (non-hydrogen) atoms. The molecule has 9 nitrogen and oxygen atoms in total. The summed E-state index contributed by atoms with van der Waals surface area (Å²) in [5.74, 6) is -0.568. The number of Topliss-reactive ketones (excluding diaryl/α,β-unsaturated/α-hetero) is 3. The van der Waals surface area contributed by atoms with E-state index < -0.39 is 5.97 Å². The predicted octanol–water partition coefficient (Wildman–Crippen LogP) is 6.00. The van der Waals surface area contributed by atoms with Gasteiger partial charge in [-0.3, -0.25) is 19.2 Å². The van der Waals surface area contributed by atoms with Crippen molar-refractivity contribution in [1.29, 1.82) is 0 Å². The second-order valence-electron chi connectivity index (χ2n) is 9.61. The first-order valence-corrected chi connectivity index (χ1v) is 13.7. The molecule has 0 aliphatic rings. The molecule has 0 amide bonds. The van der Waals surface area contributed by atoms with Crippen LogP contribution in [0.25, 0.3) is 0 Å². The lowest BCUT2D eigenvalue weighted by atomic mass is 9.95. The molecule has 2 aromatic carbocycles. The molecule has 0 spiro atoms. The van der Waals surface area contributed by atoms with E-state index >= 15 is 0 Å². The monoisotopic (exact) mass is 556 g/mol. The molecular weight excluding hydrogens is 516 g/mol. The van der Waals surface area contributed by atoms with Crippen molar-refractivity contribution >= 4 is 23.3 Å². The van der Waals surface area contributed by atoms with Gasteiger partial charge in [0.2, 0.25) is 0 Å². The molecule has 2 rings (SSSR count). The van der Waals surface area contributed by atoms with E-state index in [-0.39, 0.29) is 66.2 Å². The SMILES string of the molecule is CCCc1c(OCCCC(=O)O)ccc(C(C)=O)c1OCCCOc1c(C(C)=O)cc(C(C)=O)c(O)c1CCC. The minimum Gasteiger partial charge on any atom is -0.507 e. The van der Waals surface area contributed by atoms with E-state index in [1.807, 2.05) is 13.8 Å². The molecule has 0 saturated carbocycles. The van der Waals surface area contributed by atoms with Crippen LogP contribution < -0.4 is 14.2 Å². The number of ether oxygens (including phenoxy) is 3. The van der Waals surface area contributed by atoms with Crippen LogP contribution >= 0.6 is 0 Å². The zero-order valence-electron chi connectivity index (χ0n) is 24.1. The molecular formula is C31H40O9. The van der Waals surface area contributed by atoms with Crippen molar-refractivity contribution in [3.05, 3.63) is 46.0 Å². The smallest absolute Gasteiger partial charge is 0.303 e. The molecule has 9 heteroatoms. The number of ketones is 3. The third-order valence-electron chi connectivity index (χ3n) is 6.28. The highest BCUT2D eigenvalue weighted by Crippen LogP contribution is 2.37. The summed E-state index contributed by atoms with van der Waals surface area (Å²) in [6, 6.07) is 4.74. The fraction of sp³-hybridized carbons (Fsp3) is 0.484. The van der Waals surface area contributed by atoms with Crippen LogP contribution in [0.1, 0.15) is 109 Å². The van der Waals surface area contributed by atoms with Gasteiger partial charge in [-0.1, -0.05) is 26.7 Å². The number of carboxylic acids is 1. The van der Waals surface area contributed by atoms with E-state index in [1.165, 1.54) is 26.8 Å². The fourth-order valence-corrected chi connectivity index (χ4v) is 4.37. The lowest BCUT2D eigenvalue weighted by Gasteiger charge is -2.20. The number of carbonyl (C=O) groups is 4. The number of aliphatic carboxylic acids is 1. The number of phenolic OH excluding ortho intramolecular Hbond substituents is 1. The molecule has 0 fully saturated rings. The van der Waals surface area contributed by atoms with Gasteiger partial charge in [-0.05, 0) is 58.2 Å². The van der Waals surface area contributed by atoms with Gasteiger partial charge < -0.3 is 24.4 Å². The van der Waals surface area contributed by atoms with Gasteiger partial charge in [0.25, 0.3) is 0 Å². The lowest BCUT2D eigenvalue weighted by Crippen LogP contribution is -2.13. The van der Waals surface area contributed by atoms with Crippen LogP contribution in [0.3, 0.4) is 0 Å². The number of carbonyl (C=O) groups excluding carboxylic acids is 3. The lowest BCUT2D eigenvalue weighted by molar-refractivity contribution is -0.137. The Morgan fingerprint density at radius 1 is 0.700 bits per heavy atom. The number of hydrogen-bond acceptors (Lipinski definition) is 8. The van der Waals surface area contributed by atoms with Crippen LogP contribution in [0.5, 0.6) is 23.0 Å². The summed E-state index contributed by atoms with van der Waals surface area (Å²) in [6.45, 7) is 8.71. The fourth-order valence-electron chi connectivity index (χ4n) is 4.37. The Bertz CT molecular complexity index is 1230. The normalized spacial score (nSPS) is 10.7. The Labute approximate surface area is 235 Å². The minimum absolute atomic E-state index is 0.00142. The van der Waals surface area contributed by atoms with Crippen LogP contribution in [0.15, 0.2) is 18.2 Å². The van der Waals surface area contributed by atoms with Crippen molar-refractivity contribution in [2.24, 2.45) is 0 Å². The molecule has 2 aromatic rings. The molecule has 0 aliphatic carbocycles. The van der Waals surface area contributed by atoms with Gasteiger partial charge in [-0.15, -0.1) is 0 Å². The number of rotatable bonds is 18. The minimum atomic E-state index is -0.891. The van der Waals surface area contributed by atoms with Gasteiger partial charge in [0, 0.05) is 24.0 Å². The molecule has 0 unspecified atom stereocenters. The van der Waals surface area contributed by atoms with Crippen molar-refractivity contribution in [3.63, 3.8) is 0 Å². The first-order chi connectivity index (χ1) is 19.0. The molecule has 0 bridgehead atoms. The summed E-state index contributed by atoms with van der Waals surface area (Å²) in [4.78, 5) is 47.6. The first kappa shape index (κ1) is 32.3. The Morgan fingerprint density at radius 2 is 1.23 bits per heavy atom. The third-order valence-corrected chi connectivity index (χ3v) is 6.28. The van der Waals surface area contributed by atoms with Gasteiger partial charge in [0.05, 0.1) is 36.5 Å². The second kappa shape index (κ2) is 15.6. The van der Waals surface area contributed by atoms with Crippen molar-refractivity contribution in [2.45, 2.75) is 79.6 Å². The first-order valence-electron chi connectivity index (χ1n) is 13.7. The third kappa shape index (κ3) is 8.56. The largest absolute Gasteiger partial charge is 0.507 e. The standard InChI is InChI=1S/C31H40O9/c1-6-10-23-27(38-15-8-12-28(35)36)14-13-22(19(3)32)30(23)39-16-9-17-40-31-24(11-7-2)29(37)25(20(4)33)18-26(31)21(5)34/h13-14,18,37H,6-12,15-17H2,1-5H3,(H,35,36). The van der Waals surface area contributed by atoms with Crippen LogP contribution in [-0.2, 0) is 17.6 Å². The summed E-state index contributed by atoms with van der Waals surface area (Å²) >= 11 is 0. The maximum Gasteiger partial charge on any atom is 0.303 e. The Hall–Kier alpha value is -3.88. The maximum atomic E-state index is 12.4. The van der Waals surface area contributed by atoms with Crippen LogP contribution in [0.4, 0.5) is 0 Å². The van der Waals surface area contributed by atoms with E-state index in [1.54, 1.807) is 12.1 Å². The highest BCUT2D eigenvalue weighted by atomic mass is 16.5. The van der Waals surface area contributed by atoms with E-state index in [0.717, 1.165) is 12.0 Å². The molecule has 0 atom stereocenters. The summed E-state index contributed by atoms with van der Waals surface area (Å²) in [5, 5.41) is 19.6. The Balaban J connectivity index is 2.23. The summed E-state index contributed by atoms with van der Waals surface area (Å²) in [6.07, 6.45) is 3.25. The number of carboxylic acid groups (broad SMARTS) is 1. The molecule has 218 valence electrons. The van der Waals surface area contributed by atoms with Gasteiger partial charge in [-0.2, -0.15) is 0 Å². The van der Waals surface area contributed by atoms with Crippen LogP contribution in [0, 0.1) is 0 Å². The van der Waals surface area contributed by atoms with E-state index in [4.69, 9.17) is 19.3 Å². The summed E-state index contributed by atoms with van der Waals surface area (Å²) in [7, 11) is 0. The summed E-state index contributed by atoms with van der Waals surface area (Å²) < 4.78 is 17.9. The van der Waals surface area contributed by atoms with Gasteiger partial charge in [0.15, 0.2) is 17.3 Å². The average Bonchev–Trinajstić information content (AvgIpc) is 2.88. The molecule has 0 saturated heterocycles. The number of aromatic hydroxyl groups is 1. The molecule has 2 N–H and O–H groups in total. The van der Waals surface area contributed by atoms with Crippen molar-refractivity contribution in [2.75, 3.05) is 19.8 Å². The number of benzene rings is 2. The van der Waals surface area contributed by atoms with Crippen LogP contribution in [0.2, 0.25) is 0 Å². The second-order valence-corrected chi connectivity index (χ2v) is 9.61. The highest BCUT2D eigenvalue weighted by molar-refractivity contribution is 6.04. The topological polar surface area (TPSA) is 136 Å². The molecule has 0 aromatic heterocycles. The van der Waals surface area contributed by atoms with Crippen molar-refractivity contribution in [1.82, 2.24) is 0 Å². The van der Waals surface area contributed by atoms with Gasteiger partial charge in [-0.25, -0.2) is 0 Å². The molecule has 0 radical (unpaired) electrons. The van der Waals surface area contributed by atoms with Gasteiger partial charge >= 0.3 is 5.97 Å². The van der Waals surface area contributed by atoms with Crippen molar-refractivity contribution in [3.8, 4) is 23.0 Å². The average molecular weight is 557 g/mol. The predicted molar refractivity (Wildman–Crippen MR) is 151 cm³/mol. The van der Waals surface area contributed by atoms with E-state index in [9.17, 15) is 24.3 Å². The Kier molecular flexibility index (Phi) is 12.6. The highest BCUT2D eigenvalue weighted by Gasteiger charge is 2.23. The number of phenols is 1. The summed E-state index contributed by atoms with van der Waals surface area (Å²) in [5.41, 5.74) is 1.94. The van der Waals surface area contributed by atoms with Gasteiger partial charge in [0.1, 0.15) is 23.0 Å². The number of hydrogen-bond donors (Lipinski definition) is 2. The molecule has 0 heterocycles. The van der Waals surface area contributed by atoms with E-state index in [2.05, 4.69) is 0 Å². The quantitative estimate of drug-likeness (QED) is 0.167. The zero-order valence-corrected chi connectivity index (χ0v) is 24.1. The zero-order chi connectivity index (χ0) is 29.8. The van der Waals surface area contributed by atoms with Crippen molar-refractivity contribution < 1.29 is 43.6 Å².